The number of aliphatic hydroxyl groups excluding tert-OH is 3. The van der Waals surface area contributed by atoms with Crippen LogP contribution in [0, 0.1) is 0 Å². The van der Waals surface area contributed by atoms with Gasteiger partial charge < -0.3 is 72.0 Å². The van der Waals surface area contributed by atoms with Gasteiger partial charge in [-0.15, -0.1) is 0 Å². The lowest BCUT2D eigenvalue weighted by molar-refractivity contribution is 0.0379. The van der Waals surface area contributed by atoms with E-state index in [4.69, 9.17) is 40.8 Å². The zero-order chi connectivity index (χ0) is 51.1. The molecule has 398 valence electrons. The monoisotopic (exact) mass is 1030 g/mol. The Kier molecular flexibility index (Phi) is 30.4. The van der Waals surface area contributed by atoms with E-state index in [0.29, 0.717) is 85.0 Å². The summed E-state index contributed by atoms with van der Waals surface area (Å²) in [7, 11) is -6.55. The maximum absolute atomic E-state index is 10.7. The van der Waals surface area contributed by atoms with Gasteiger partial charge in [-0.3, -0.25) is 0 Å². The third-order valence-electron chi connectivity index (χ3n) is 11.6. The van der Waals surface area contributed by atoms with Crippen molar-refractivity contribution in [2.24, 2.45) is 0 Å². The van der Waals surface area contributed by atoms with Crippen molar-refractivity contribution in [2.45, 2.75) is 123 Å². The lowest BCUT2D eigenvalue weighted by Crippen LogP contribution is -2.46. The highest BCUT2D eigenvalue weighted by molar-refractivity contribution is 6.71. The molecule has 6 N–H and O–H groups in total. The molecule has 3 aromatic carbocycles. The topological polar surface area (TPSA) is 180 Å². The Balaban J connectivity index is 1.61. The second-order valence-electron chi connectivity index (χ2n) is 18.1. The zero-order valence-corrected chi connectivity index (χ0v) is 47.1. The molecule has 0 aliphatic carbocycles. The lowest BCUT2D eigenvalue weighted by atomic mass is 9.85. The number of aliphatic hydroxyl groups is 3. The largest absolute Gasteiger partial charge is 0.501 e. The lowest BCUT2D eigenvalue weighted by Gasteiger charge is -2.28. The maximum Gasteiger partial charge on any atom is 0.501 e. The summed E-state index contributed by atoms with van der Waals surface area (Å²) < 4.78 is 53.0. The molecule has 3 aromatic rings. The number of hydrogen-bond acceptors (Lipinski definition) is 15. The van der Waals surface area contributed by atoms with Gasteiger partial charge in [0, 0.05) is 108 Å². The Morgan fingerprint density at radius 3 is 1.06 bits per heavy atom. The first kappa shape index (κ1) is 61.5. The predicted molar refractivity (Wildman–Crippen MR) is 289 cm³/mol. The van der Waals surface area contributed by atoms with Crippen LogP contribution in [-0.2, 0) is 40.8 Å². The van der Waals surface area contributed by atoms with Crippen LogP contribution in [0.4, 0.5) is 17.1 Å². The molecule has 4 atom stereocenters. The van der Waals surface area contributed by atoms with E-state index in [2.05, 4.69) is 72.0 Å². The number of rotatable bonds is 42. The maximum atomic E-state index is 10.7. The summed E-state index contributed by atoms with van der Waals surface area (Å²) in [5.41, 5.74) is 5.99. The van der Waals surface area contributed by atoms with Crippen molar-refractivity contribution in [3.8, 4) is 0 Å². The van der Waals surface area contributed by atoms with Crippen molar-refractivity contribution >= 4 is 42.7 Å². The van der Waals surface area contributed by atoms with Gasteiger partial charge in [0.2, 0.25) is 0 Å². The molecule has 0 heterocycles. The summed E-state index contributed by atoms with van der Waals surface area (Å²) in [5.74, 6) is -0.0877. The highest BCUT2D eigenvalue weighted by Gasteiger charge is 2.39. The van der Waals surface area contributed by atoms with Gasteiger partial charge in [-0.05, 0) is 146 Å². The van der Waals surface area contributed by atoms with Crippen molar-refractivity contribution < 1.29 is 56.1 Å². The molecular formula is C52H91N3O12Si3. The van der Waals surface area contributed by atoms with Gasteiger partial charge in [0.25, 0.3) is 0 Å². The van der Waals surface area contributed by atoms with E-state index in [1.54, 1.807) is 0 Å². The molecule has 0 amide bonds. The molecule has 0 fully saturated rings. The summed E-state index contributed by atoms with van der Waals surface area (Å²) in [4.78, 5) is 0. The Hall–Kier alpha value is -2.77. The number of benzene rings is 3. The minimum atomic E-state index is -2.72. The minimum Gasteiger partial charge on any atom is -0.418 e. The van der Waals surface area contributed by atoms with Gasteiger partial charge in [-0.1, -0.05) is 36.4 Å². The molecule has 0 bridgehead atoms. The van der Waals surface area contributed by atoms with Gasteiger partial charge >= 0.3 is 17.4 Å². The van der Waals surface area contributed by atoms with Crippen molar-refractivity contribution in [2.75, 3.05) is 115 Å². The summed E-state index contributed by atoms with van der Waals surface area (Å²) in [6.45, 7) is 25.4. The van der Waals surface area contributed by atoms with Gasteiger partial charge in [0.1, 0.15) is 0 Å². The molecule has 3 rings (SSSR count). The predicted octanol–water partition coefficient (Wildman–Crippen LogP) is 8.84. The number of nitrogens with one attached hydrogen (secondary N) is 3. The fourth-order valence-corrected chi connectivity index (χ4v) is 15.1. The zero-order valence-electron chi connectivity index (χ0n) is 44.1. The summed E-state index contributed by atoms with van der Waals surface area (Å²) >= 11 is 0. The van der Waals surface area contributed by atoms with Crippen LogP contribution in [0.1, 0.15) is 83.4 Å². The van der Waals surface area contributed by atoms with E-state index in [1.807, 2.05) is 77.9 Å². The van der Waals surface area contributed by atoms with E-state index >= 15 is 0 Å². The SMILES string of the molecule is CCO[Si](C)(C)CCCOCC(O)CNc1ccc(C(c2ccc(NCC(O)COCCC[Si](C)(OCC)OCC)cc2)c2ccc(NCC(O)COCCC[Si](OCC)(OCC)OCC)cc2)cc1. The highest BCUT2D eigenvalue weighted by atomic mass is 28.4. The average Bonchev–Trinajstić information content (AvgIpc) is 3.33. The molecule has 0 spiro atoms. The Morgan fingerprint density at radius 2 is 0.729 bits per heavy atom. The van der Waals surface area contributed by atoms with E-state index in [9.17, 15) is 15.3 Å². The summed E-state index contributed by atoms with van der Waals surface area (Å²) in [6.07, 6.45) is 0.467. The fraction of sp³-hybridized carbons (Fsp3) is 0.654. The first-order valence-corrected chi connectivity index (χ1v) is 33.4. The summed E-state index contributed by atoms with van der Waals surface area (Å²) in [5, 5.41) is 42.2. The van der Waals surface area contributed by atoms with Crippen molar-refractivity contribution in [1.29, 1.82) is 0 Å². The Bertz CT molecular complexity index is 1750. The molecule has 18 heteroatoms. The van der Waals surface area contributed by atoms with Crippen LogP contribution < -0.4 is 16.0 Å². The molecule has 0 aliphatic heterocycles. The van der Waals surface area contributed by atoms with Gasteiger partial charge in [0.15, 0.2) is 8.32 Å². The van der Waals surface area contributed by atoms with Crippen molar-refractivity contribution in [3.63, 3.8) is 0 Å². The molecule has 0 saturated carbocycles. The van der Waals surface area contributed by atoms with E-state index in [-0.39, 0.29) is 25.7 Å². The van der Waals surface area contributed by atoms with Crippen LogP contribution in [0.2, 0.25) is 37.8 Å². The quantitative estimate of drug-likeness (QED) is 0.0180. The van der Waals surface area contributed by atoms with Crippen molar-refractivity contribution in [1.82, 2.24) is 0 Å². The van der Waals surface area contributed by atoms with Crippen LogP contribution >= 0.6 is 0 Å². The molecular weight excluding hydrogens is 943 g/mol. The Morgan fingerprint density at radius 1 is 0.414 bits per heavy atom. The fourth-order valence-electron chi connectivity index (χ4n) is 8.25. The molecule has 0 aliphatic rings. The average molecular weight is 1030 g/mol. The van der Waals surface area contributed by atoms with E-state index in [0.717, 1.165) is 65.3 Å². The van der Waals surface area contributed by atoms with Gasteiger partial charge in [-0.25, -0.2) is 0 Å². The molecule has 4 unspecified atom stereocenters. The normalized spacial score (nSPS) is 14.1. The van der Waals surface area contributed by atoms with Crippen LogP contribution in [0.25, 0.3) is 0 Å². The first-order valence-electron chi connectivity index (χ1n) is 25.9. The van der Waals surface area contributed by atoms with Crippen LogP contribution in [0.3, 0.4) is 0 Å². The smallest absolute Gasteiger partial charge is 0.418 e. The number of hydrogen-bond donors (Lipinski definition) is 6. The third kappa shape index (κ3) is 24.3. The molecule has 0 radical (unpaired) electrons. The molecule has 70 heavy (non-hydrogen) atoms. The van der Waals surface area contributed by atoms with Crippen LogP contribution in [0.5, 0.6) is 0 Å². The molecule has 0 aromatic heterocycles. The number of anilines is 3. The van der Waals surface area contributed by atoms with Gasteiger partial charge in [0.05, 0.1) is 38.1 Å². The summed E-state index contributed by atoms with van der Waals surface area (Å²) in [6, 6.07) is 27.5. The first-order chi connectivity index (χ1) is 33.7. The second kappa shape index (κ2) is 34.6. The highest BCUT2D eigenvalue weighted by Crippen LogP contribution is 2.34. The second-order valence-corrected chi connectivity index (χ2v) is 28.5. The molecule has 0 saturated heterocycles. The third-order valence-corrected chi connectivity index (χ3v) is 20.4. The Labute approximate surface area is 424 Å². The van der Waals surface area contributed by atoms with Crippen LogP contribution in [0.15, 0.2) is 72.8 Å². The number of ether oxygens (including phenoxy) is 3. The van der Waals surface area contributed by atoms with E-state index < -0.39 is 44.0 Å². The van der Waals surface area contributed by atoms with Crippen molar-refractivity contribution in [3.05, 3.63) is 89.5 Å². The minimum absolute atomic E-state index is 0.0877. The molecule has 15 nitrogen and oxygen atoms in total. The van der Waals surface area contributed by atoms with Crippen LogP contribution in [-0.4, -0.2) is 158 Å². The standard InChI is InChI=1S/C52H91N3O12Si3/c1-10-62-68(7,8)34-16-31-59-40-49(56)37-53-46-25-19-43(20-26-46)52(44-21-27-47(28-22-44)54-38-50(57)41-60-32-17-35-69(9,63-11-2)64-12-3)45-23-29-48(30-24-45)55-39-51(58)42-61-33-18-36-70(65-13-4,66-14-5)67-15-6/h19-30,49-58H,10-18,31-42H2,1-9H3. The van der Waals surface area contributed by atoms with E-state index in [1.165, 1.54) is 0 Å². The van der Waals surface area contributed by atoms with Gasteiger partial charge in [-0.2, -0.15) is 0 Å².